The molecule has 1 aliphatic carbocycles. The Labute approximate surface area is 126 Å². The Bertz CT molecular complexity index is 390. The van der Waals surface area contributed by atoms with Crippen LogP contribution < -0.4 is 0 Å². The van der Waals surface area contributed by atoms with Crippen molar-refractivity contribution in [1.82, 2.24) is 4.90 Å². The summed E-state index contributed by atoms with van der Waals surface area (Å²) in [5.74, 6) is -0.503. The average molecular weight is 295 g/mol. The predicted octanol–water partition coefficient (Wildman–Crippen LogP) is 2.21. The van der Waals surface area contributed by atoms with Crippen molar-refractivity contribution in [2.24, 2.45) is 5.92 Å². The highest BCUT2D eigenvalue weighted by Gasteiger charge is 2.37. The molecule has 0 spiro atoms. The van der Waals surface area contributed by atoms with E-state index >= 15 is 0 Å². The minimum absolute atomic E-state index is 0.0794. The van der Waals surface area contributed by atoms with Crippen LogP contribution in [0.15, 0.2) is 12.7 Å². The van der Waals surface area contributed by atoms with Crippen LogP contribution in [0.5, 0.6) is 0 Å². The number of hydrogen-bond acceptors (Lipinski definition) is 3. The quantitative estimate of drug-likeness (QED) is 0.763. The van der Waals surface area contributed by atoms with Gasteiger partial charge in [-0.2, -0.15) is 0 Å². The van der Waals surface area contributed by atoms with Gasteiger partial charge >= 0.3 is 5.97 Å². The molecule has 1 aliphatic heterocycles. The van der Waals surface area contributed by atoms with Gasteiger partial charge in [-0.15, -0.1) is 6.58 Å². The van der Waals surface area contributed by atoms with Gasteiger partial charge in [-0.3, -0.25) is 4.79 Å². The van der Waals surface area contributed by atoms with Gasteiger partial charge in [0, 0.05) is 13.1 Å². The second-order valence-electron chi connectivity index (χ2n) is 6.06. The van der Waals surface area contributed by atoms with Gasteiger partial charge in [-0.1, -0.05) is 25.3 Å². The van der Waals surface area contributed by atoms with Crippen molar-refractivity contribution in [3.05, 3.63) is 12.7 Å². The molecule has 2 rings (SSSR count). The van der Waals surface area contributed by atoms with Crippen LogP contribution in [-0.2, 0) is 14.3 Å². The molecule has 0 unspecified atom stereocenters. The maximum absolute atomic E-state index is 12.5. The summed E-state index contributed by atoms with van der Waals surface area (Å²) in [6.45, 7) is 4.96. The molecule has 2 aliphatic rings. The molecular weight excluding hydrogens is 270 g/mol. The van der Waals surface area contributed by atoms with Crippen LogP contribution in [-0.4, -0.2) is 47.2 Å². The molecule has 5 heteroatoms. The summed E-state index contributed by atoms with van der Waals surface area (Å²) in [5, 5.41) is 8.95. The molecule has 0 radical (unpaired) electrons. The first-order valence-electron chi connectivity index (χ1n) is 7.89. The van der Waals surface area contributed by atoms with Crippen LogP contribution in [0, 0.1) is 5.92 Å². The molecule has 0 aromatic carbocycles. The Balaban J connectivity index is 1.92. The van der Waals surface area contributed by atoms with E-state index in [-0.39, 0.29) is 5.91 Å². The van der Waals surface area contributed by atoms with Crippen molar-refractivity contribution in [2.75, 3.05) is 13.1 Å². The van der Waals surface area contributed by atoms with E-state index in [0.717, 1.165) is 6.54 Å². The SMILES string of the molecule is C=CCN(CC1CCCCC1)C(=O)[C@@H]1CC[C@H](C(=O)O)O1. The standard InChI is InChI=1S/C16H25NO4/c1-2-10-17(11-12-6-4-3-5-7-12)15(18)13-8-9-14(21-13)16(19)20/h2,12-14H,1,3-11H2,(H,19,20)/t13-,14+/m0/s1. The summed E-state index contributed by atoms with van der Waals surface area (Å²) in [7, 11) is 0. The number of rotatable bonds is 6. The molecular formula is C16H25NO4. The topological polar surface area (TPSA) is 66.8 Å². The molecule has 0 aromatic heterocycles. The summed E-state index contributed by atoms with van der Waals surface area (Å²) < 4.78 is 5.38. The fourth-order valence-corrected chi connectivity index (χ4v) is 3.30. The zero-order valence-corrected chi connectivity index (χ0v) is 12.5. The van der Waals surface area contributed by atoms with Crippen molar-refractivity contribution in [3.63, 3.8) is 0 Å². The third-order valence-corrected chi connectivity index (χ3v) is 4.43. The van der Waals surface area contributed by atoms with Crippen molar-refractivity contribution >= 4 is 11.9 Å². The van der Waals surface area contributed by atoms with Crippen LogP contribution in [0.4, 0.5) is 0 Å². The van der Waals surface area contributed by atoms with Crippen molar-refractivity contribution < 1.29 is 19.4 Å². The number of amides is 1. The third kappa shape index (κ3) is 4.30. The van der Waals surface area contributed by atoms with Gasteiger partial charge in [0.2, 0.25) is 0 Å². The molecule has 0 aromatic rings. The van der Waals surface area contributed by atoms with Crippen molar-refractivity contribution in [1.29, 1.82) is 0 Å². The number of hydrogen-bond donors (Lipinski definition) is 1. The zero-order chi connectivity index (χ0) is 15.2. The number of ether oxygens (including phenoxy) is 1. The highest BCUT2D eigenvalue weighted by molar-refractivity contribution is 5.82. The van der Waals surface area contributed by atoms with E-state index in [9.17, 15) is 9.59 Å². The molecule has 1 heterocycles. The molecule has 118 valence electrons. The van der Waals surface area contributed by atoms with Crippen molar-refractivity contribution in [2.45, 2.75) is 57.2 Å². The molecule has 2 fully saturated rings. The molecule has 1 amide bonds. The highest BCUT2D eigenvalue weighted by atomic mass is 16.5. The molecule has 1 N–H and O–H groups in total. The maximum Gasteiger partial charge on any atom is 0.332 e. The van der Waals surface area contributed by atoms with E-state index < -0.39 is 18.2 Å². The van der Waals surface area contributed by atoms with Crippen LogP contribution in [0.1, 0.15) is 44.9 Å². The second kappa shape index (κ2) is 7.59. The Hall–Kier alpha value is -1.36. The number of carboxylic acids is 1. The summed E-state index contributed by atoms with van der Waals surface area (Å²) in [4.78, 5) is 25.2. The van der Waals surface area contributed by atoms with Gasteiger partial charge in [-0.05, 0) is 31.6 Å². The lowest BCUT2D eigenvalue weighted by Crippen LogP contribution is -2.42. The van der Waals surface area contributed by atoms with E-state index in [0.29, 0.717) is 25.3 Å². The predicted molar refractivity (Wildman–Crippen MR) is 78.9 cm³/mol. The largest absolute Gasteiger partial charge is 0.479 e. The Kier molecular flexibility index (Phi) is 5.79. The van der Waals surface area contributed by atoms with Gasteiger partial charge in [-0.25, -0.2) is 4.79 Å². The van der Waals surface area contributed by atoms with Crippen LogP contribution >= 0.6 is 0 Å². The Morgan fingerprint density at radius 3 is 2.38 bits per heavy atom. The van der Waals surface area contributed by atoms with Crippen LogP contribution in [0.2, 0.25) is 0 Å². The third-order valence-electron chi connectivity index (χ3n) is 4.43. The fourth-order valence-electron chi connectivity index (χ4n) is 3.30. The van der Waals surface area contributed by atoms with Crippen LogP contribution in [0.3, 0.4) is 0 Å². The highest BCUT2D eigenvalue weighted by Crippen LogP contribution is 2.26. The van der Waals surface area contributed by atoms with E-state index in [4.69, 9.17) is 9.84 Å². The first-order valence-corrected chi connectivity index (χ1v) is 7.89. The molecule has 21 heavy (non-hydrogen) atoms. The summed E-state index contributed by atoms with van der Waals surface area (Å²) in [6, 6.07) is 0. The zero-order valence-electron chi connectivity index (χ0n) is 12.5. The smallest absolute Gasteiger partial charge is 0.332 e. The van der Waals surface area contributed by atoms with Gasteiger partial charge in [0.15, 0.2) is 6.10 Å². The average Bonchev–Trinajstić information content (AvgIpc) is 2.97. The first kappa shape index (κ1) is 16.0. The molecule has 1 saturated heterocycles. The second-order valence-corrected chi connectivity index (χ2v) is 6.06. The fraction of sp³-hybridized carbons (Fsp3) is 0.750. The van der Waals surface area contributed by atoms with E-state index in [1.54, 1.807) is 11.0 Å². The number of carboxylic acid groups (broad SMARTS) is 1. The lowest BCUT2D eigenvalue weighted by atomic mass is 9.89. The maximum atomic E-state index is 12.5. The molecule has 1 saturated carbocycles. The molecule has 2 atom stereocenters. The van der Waals surface area contributed by atoms with Crippen molar-refractivity contribution in [3.8, 4) is 0 Å². The number of carbonyl (C=O) groups excluding carboxylic acids is 1. The van der Waals surface area contributed by atoms with Gasteiger partial charge in [0.25, 0.3) is 5.91 Å². The number of nitrogens with zero attached hydrogens (tertiary/aromatic N) is 1. The van der Waals surface area contributed by atoms with Gasteiger partial charge < -0.3 is 14.7 Å². The molecule has 0 bridgehead atoms. The summed E-state index contributed by atoms with van der Waals surface area (Å²) in [5.41, 5.74) is 0. The van der Waals surface area contributed by atoms with Crippen LogP contribution in [0.25, 0.3) is 0 Å². The lowest BCUT2D eigenvalue weighted by Gasteiger charge is -2.30. The van der Waals surface area contributed by atoms with Gasteiger partial charge in [0.05, 0.1) is 0 Å². The first-order chi connectivity index (χ1) is 10.1. The molecule has 5 nitrogen and oxygen atoms in total. The summed E-state index contributed by atoms with van der Waals surface area (Å²) >= 11 is 0. The number of aliphatic carboxylic acids is 1. The lowest BCUT2D eigenvalue weighted by molar-refractivity contribution is -0.154. The van der Waals surface area contributed by atoms with E-state index in [1.807, 2.05) is 0 Å². The van der Waals surface area contributed by atoms with E-state index in [2.05, 4.69) is 6.58 Å². The Morgan fingerprint density at radius 2 is 1.81 bits per heavy atom. The monoisotopic (exact) mass is 295 g/mol. The number of carbonyl (C=O) groups is 2. The van der Waals surface area contributed by atoms with E-state index in [1.165, 1.54) is 32.1 Å². The minimum Gasteiger partial charge on any atom is -0.479 e. The minimum atomic E-state index is -0.979. The normalized spacial score (nSPS) is 26.5. The van der Waals surface area contributed by atoms with Gasteiger partial charge in [0.1, 0.15) is 6.10 Å². The Morgan fingerprint density at radius 1 is 1.14 bits per heavy atom. The summed E-state index contributed by atoms with van der Waals surface area (Å²) in [6.07, 6.45) is 7.31.